The van der Waals surface area contributed by atoms with Crippen molar-refractivity contribution in [2.24, 2.45) is 0 Å². The van der Waals surface area contributed by atoms with Gasteiger partial charge in [0.25, 0.3) is 0 Å². The van der Waals surface area contributed by atoms with Crippen LogP contribution in [0.5, 0.6) is 0 Å². The molecule has 1 fully saturated rings. The fourth-order valence-electron chi connectivity index (χ4n) is 2.62. The smallest absolute Gasteiger partial charge is 0.0967 e. The minimum absolute atomic E-state index is 0.0681. The first-order valence-corrected chi connectivity index (χ1v) is 6.41. The van der Waals surface area contributed by atoms with Crippen LogP contribution in [0.3, 0.4) is 0 Å². The molecule has 0 bridgehead atoms. The third-order valence-corrected chi connectivity index (χ3v) is 3.48. The molecule has 1 saturated heterocycles. The number of aliphatic hydroxyl groups is 2. The molecule has 0 unspecified atom stereocenters. The fraction of sp³-hybridized carbons (Fsp3) is 0.571. The summed E-state index contributed by atoms with van der Waals surface area (Å²) >= 11 is 0. The molecule has 0 aromatic heterocycles. The highest BCUT2D eigenvalue weighted by atomic mass is 16.3. The molecular formula is C14H21NO2. The van der Waals surface area contributed by atoms with Crippen molar-refractivity contribution in [1.29, 1.82) is 0 Å². The minimum atomic E-state index is -0.699. The highest BCUT2D eigenvalue weighted by molar-refractivity contribution is 5.20. The molecule has 1 aromatic carbocycles. The molecule has 1 aromatic rings. The molecule has 3 heteroatoms. The van der Waals surface area contributed by atoms with E-state index in [1.54, 1.807) is 0 Å². The summed E-state index contributed by atoms with van der Waals surface area (Å²) in [4.78, 5) is 2.29. The summed E-state index contributed by atoms with van der Waals surface area (Å²) in [6, 6.07) is 9.92. The lowest BCUT2D eigenvalue weighted by atomic mass is 9.97. The van der Waals surface area contributed by atoms with Crippen LogP contribution in [0.25, 0.3) is 0 Å². The van der Waals surface area contributed by atoms with Crippen molar-refractivity contribution in [1.82, 2.24) is 4.90 Å². The van der Waals surface area contributed by atoms with E-state index in [4.69, 9.17) is 0 Å². The van der Waals surface area contributed by atoms with Crippen molar-refractivity contribution >= 4 is 0 Å². The Hall–Kier alpha value is -0.900. The van der Waals surface area contributed by atoms with E-state index in [9.17, 15) is 10.2 Å². The standard InChI is InChI=1S/C14H21NO2/c16-11-13(17)14(12-7-3-1-4-8-12)15-9-5-2-6-10-15/h1,3-4,7-8,13-14,16-17H,2,5-6,9-11H2/t13-,14+/m0/s1. The van der Waals surface area contributed by atoms with Gasteiger partial charge >= 0.3 is 0 Å². The second-order valence-corrected chi connectivity index (χ2v) is 4.70. The van der Waals surface area contributed by atoms with E-state index in [0.717, 1.165) is 18.7 Å². The third-order valence-electron chi connectivity index (χ3n) is 3.48. The number of benzene rings is 1. The predicted molar refractivity (Wildman–Crippen MR) is 67.7 cm³/mol. The first-order chi connectivity index (χ1) is 8.33. The molecule has 94 valence electrons. The maximum atomic E-state index is 10.0. The van der Waals surface area contributed by atoms with Gasteiger partial charge in [-0.15, -0.1) is 0 Å². The van der Waals surface area contributed by atoms with Gasteiger partial charge in [-0.2, -0.15) is 0 Å². The summed E-state index contributed by atoms with van der Waals surface area (Å²) in [5.41, 5.74) is 1.09. The predicted octanol–water partition coefficient (Wildman–Crippen LogP) is 1.57. The molecule has 0 amide bonds. The maximum absolute atomic E-state index is 10.0. The summed E-state index contributed by atoms with van der Waals surface area (Å²) in [5.74, 6) is 0. The largest absolute Gasteiger partial charge is 0.394 e. The summed E-state index contributed by atoms with van der Waals surface area (Å²) < 4.78 is 0. The van der Waals surface area contributed by atoms with Gasteiger partial charge in [0, 0.05) is 0 Å². The Morgan fingerprint density at radius 2 is 1.71 bits per heavy atom. The van der Waals surface area contributed by atoms with Gasteiger partial charge in [0.05, 0.1) is 18.8 Å². The van der Waals surface area contributed by atoms with Crippen LogP contribution in [-0.2, 0) is 0 Å². The van der Waals surface area contributed by atoms with E-state index in [1.807, 2.05) is 30.3 Å². The second-order valence-electron chi connectivity index (χ2n) is 4.70. The van der Waals surface area contributed by atoms with Gasteiger partial charge in [0.2, 0.25) is 0 Å². The molecular weight excluding hydrogens is 214 g/mol. The number of hydrogen-bond acceptors (Lipinski definition) is 3. The van der Waals surface area contributed by atoms with Gasteiger partial charge < -0.3 is 10.2 Å². The summed E-state index contributed by atoms with van der Waals surface area (Å²) in [6.07, 6.45) is 2.94. The van der Waals surface area contributed by atoms with Gasteiger partial charge in [-0.1, -0.05) is 36.8 Å². The fourth-order valence-corrected chi connectivity index (χ4v) is 2.62. The van der Waals surface area contributed by atoms with Gasteiger partial charge in [-0.25, -0.2) is 0 Å². The van der Waals surface area contributed by atoms with Crippen LogP contribution in [0.1, 0.15) is 30.9 Å². The average molecular weight is 235 g/mol. The Labute approximate surface area is 103 Å². The monoisotopic (exact) mass is 235 g/mol. The Balaban J connectivity index is 2.18. The van der Waals surface area contributed by atoms with Crippen molar-refractivity contribution in [3.63, 3.8) is 0 Å². The van der Waals surface area contributed by atoms with Crippen molar-refractivity contribution in [3.05, 3.63) is 35.9 Å². The van der Waals surface area contributed by atoms with Gasteiger partial charge in [-0.3, -0.25) is 4.90 Å². The molecule has 0 aliphatic carbocycles. The zero-order valence-electron chi connectivity index (χ0n) is 10.1. The topological polar surface area (TPSA) is 43.7 Å². The molecule has 2 atom stereocenters. The molecule has 2 N–H and O–H groups in total. The number of aliphatic hydroxyl groups excluding tert-OH is 2. The second kappa shape index (κ2) is 6.15. The van der Waals surface area contributed by atoms with Crippen LogP contribution in [0, 0.1) is 0 Å². The van der Waals surface area contributed by atoms with Crippen molar-refractivity contribution in [2.45, 2.75) is 31.4 Å². The van der Waals surface area contributed by atoms with E-state index in [0.29, 0.717) is 0 Å². The lowest BCUT2D eigenvalue weighted by molar-refractivity contribution is 0.00254. The molecule has 0 saturated carbocycles. The lowest BCUT2D eigenvalue weighted by Gasteiger charge is -2.37. The SMILES string of the molecule is OC[C@H](O)[C@@H](c1ccccc1)N1CCCCC1. The highest BCUT2D eigenvalue weighted by Crippen LogP contribution is 2.27. The van der Waals surface area contributed by atoms with Crippen molar-refractivity contribution in [3.8, 4) is 0 Å². The first-order valence-electron chi connectivity index (χ1n) is 6.41. The first kappa shape index (κ1) is 12.6. The molecule has 1 aliphatic heterocycles. The molecule has 3 nitrogen and oxygen atoms in total. The summed E-state index contributed by atoms with van der Waals surface area (Å²) in [7, 11) is 0. The minimum Gasteiger partial charge on any atom is -0.394 e. The number of piperidine rings is 1. The maximum Gasteiger partial charge on any atom is 0.0967 e. The van der Waals surface area contributed by atoms with E-state index in [-0.39, 0.29) is 12.6 Å². The van der Waals surface area contributed by atoms with Crippen LogP contribution in [-0.4, -0.2) is 40.9 Å². The molecule has 0 radical (unpaired) electrons. The normalized spacial score (nSPS) is 21.1. The van der Waals surface area contributed by atoms with Crippen LogP contribution >= 0.6 is 0 Å². The highest BCUT2D eigenvalue weighted by Gasteiger charge is 2.27. The Bertz CT molecular complexity index is 322. The van der Waals surface area contributed by atoms with E-state index >= 15 is 0 Å². The van der Waals surface area contributed by atoms with E-state index in [2.05, 4.69) is 4.90 Å². The van der Waals surface area contributed by atoms with Gasteiger partial charge in [0.15, 0.2) is 0 Å². The van der Waals surface area contributed by atoms with Gasteiger partial charge in [0.1, 0.15) is 0 Å². The Morgan fingerprint density at radius 3 is 2.29 bits per heavy atom. The van der Waals surface area contributed by atoms with E-state index in [1.165, 1.54) is 19.3 Å². The molecule has 1 aliphatic rings. The van der Waals surface area contributed by atoms with Gasteiger partial charge in [-0.05, 0) is 31.5 Å². The van der Waals surface area contributed by atoms with Crippen LogP contribution < -0.4 is 0 Å². The summed E-state index contributed by atoms with van der Waals surface area (Å²) in [5, 5.41) is 19.3. The summed E-state index contributed by atoms with van der Waals surface area (Å²) in [6.45, 7) is 1.84. The van der Waals surface area contributed by atoms with Crippen molar-refractivity contribution < 1.29 is 10.2 Å². The average Bonchev–Trinajstić information content (AvgIpc) is 2.41. The third kappa shape index (κ3) is 3.06. The van der Waals surface area contributed by atoms with E-state index < -0.39 is 6.10 Å². The number of rotatable bonds is 4. The quantitative estimate of drug-likeness (QED) is 0.832. The Kier molecular flexibility index (Phi) is 4.54. The Morgan fingerprint density at radius 1 is 1.06 bits per heavy atom. The zero-order chi connectivity index (χ0) is 12.1. The zero-order valence-corrected chi connectivity index (χ0v) is 10.1. The van der Waals surface area contributed by atoms with Crippen LogP contribution in [0.15, 0.2) is 30.3 Å². The number of nitrogens with zero attached hydrogens (tertiary/aromatic N) is 1. The molecule has 2 rings (SSSR count). The number of hydrogen-bond donors (Lipinski definition) is 2. The molecule has 0 spiro atoms. The van der Waals surface area contributed by atoms with Crippen LogP contribution in [0.4, 0.5) is 0 Å². The molecule has 1 heterocycles. The lowest BCUT2D eigenvalue weighted by Crippen LogP contribution is -2.41. The molecule has 17 heavy (non-hydrogen) atoms. The van der Waals surface area contributed by atoms with Crippen molar-refractivity contribution in [2.75, 3.05) is 19.7 Å². The van der Waals surface area contributed by atoms with Crippen LogP contribution in [0.2, 0.25) is 0 Å². The number of likely N-dealkylation sites (tertiary alicyclic amines) is 1.